The van der Waals surface area contributed by atoms with Gasteiger partial charge in [0.05, 0.1) is 0 Å². The Kier molecular flexibility index (Phi) is 5.52. The second-order valence-corrected chi connectivity index (χ2v) is 4.61. The lowest BCUT2D eigenvalue weighted by Gasteiger charge is -2.16. The Labute approximate surface area is 117 Å². The molecule has 0 fully saturated rings. The minimum absolute atomic E-state index is 0. The van der Waals surface area contributed by atoms with Crippen LogP contribution in [0.15, 0.2) is 59.1 Å². The maximum Gasteiger partial charge on any atom is 0.0496 e. The van der Waals surface area contributed by atoms with Crippen LogP contribution in [0.25, 0.3) is 0 Å². The Bertz CT molecular complexity index is 459. The molecular weight excluding hydrogens is 298 g/mol. The molecule has 17 heavy (non-hydrogen) atoms. The Balaban J connectivity index is 0.00000144. The van der Waals surface area contributed by atoms with Crippen LogP contribution >= 0.6 is 28.3 Å². The zero-order chi connectivity index (χ0) is 11.4. The fourth-order valence-corrected chi connectivity index (χ4v) is 2.32. The molecule has 0 saturated heterocycles. The standard InChI is InChI=1S/C14H14BrN.ClH/c1-11(13-9-5-6-10-14(13)15)16-12-7-3-2-4-8-12;/h2-11,16H,1H3;1H/t11-;/m0./s1. The van der Waals surface area contributed by atoms with Gasteiger partial charge in [0.15, 0.2) is 0 Å². The molecule has 2 aromatic rings. The summed E-state index contributed by atoms with van der Waals surface area (Å²) >= 11 is 3.57. The summed E-state index contributed by atoms with van der Waals surface area (Å²) in [6, 6.07) is 18.8. The SMILES string of the molecule is C[C@H](Nc1ccccc1)c1ccccc1Br.Cl. The van der Waals surface area contributed by atoms with E-state index < -0.39 is 0 Å². The molecule has 0 radical (unpaired) electrons. The molecule has 0 aliphatic carbocycles. The smallest absolute Gasteiger partial charge is 0.0496 e. The van der Waals surface area contributed by atoms with Gasteiger partial charge in [-0.25, -0.2) is 0 Å². The van der Waals surface area contributed by atoms with Crippen molar-refractivity contribution >= 4 is 34.0 Å². The molecule has 1 N–H and O–H groups in total. The first-order valence-corrected chi connectivity index (χ1v) is 6.12. The van der Waals surface area contributed by atoms with Crippen LogP contribution in [0.1, 0.15) is 18.5 Å². The van der Waals surface area contributed by atoms with E-state index in [1.165, 1.54) is 5.56 Å². The monoisotopic (exact) mass is 311 g/mol. The molecule has 2 aromatic carbocycles. The molecule has 0 bridgehead atoms. The first-order valence-electron chi connectivity index (χ1n) is 5.33. The van der Waals surface area contributed by atoms with E-state index in [4.69, 9.17) is 0 Å². The van der Waals surface area contributed by atoms with Crippen molar-refractivity contribution in [3.8, 4) is 0 Å². The highest BCUT2D eigenvalue weighted by molar-refractivity contribution is 9.10. The maximum atomic E-state index is 3.57. The van der Waals surface area contributed by atoms with E-state index in [1.807, 2.05) is 24.3 Å². The molecule has 1 atom stereocenters. The number of hydrogen-bond donors (Lipinski definition) is 1. The zero-order valence-electron chi connectivity index (χ0n) is 9.56. The second-order valence-electron chi connectivity index (χ2n) is 3.75. The van der Waals surface area contributed by atoms with Gasteiger partial charge in [-0.2, -0.15) is 0 Å². The summed E-state index contributed by atoms with van der Waals surface area (Å²) in [4.78, 5) is 0. The molecule has 2 rings (SSSR count). The van der Waals surface area contributed by atoms with Gasteiger partial charge in [0.2, 0.25) is 0 Å². The number of hydrogen-bond acceptors (Lipinski definition) is 1. The van der Waals surface area contributed by atoms with Crippen molar-refractivity contribution in [2.75, 3.05) is 5.32 Å². The number of benzene rings is 2. The molecule has 0 aliphatic heterocycles. The van der Waals surface area contributed by atoms with E-state index >= 15 is 0 Å². The van der Waals surface area contributed by atoms with Crippen LogP contribution < -0.4 is 5.32 Å². The summed E-state index contributed by atoms with van der Waals surface area (Å²) in [6.07, 6.45) is 0. The summed E-state index contributed by atoms with van der Waals surface area (Å²) in [5, 5.41) is 3.47. The van der Waals surface area contributed by atoms with Crippen molar-refractivity contribution in [1.29, 1.82) is 0 Å². The van der Waals surface area contributed by atoms with Gasteiger partial charge in [-0.1, -0.05) is 52.3 Å². The van der Waals surface area contributed by atoms with Gasteiger partial charge < -0.3 is 5.32 Å². The normalized spacial score (nSPS) is 11.4. The van der Waals surface area contributed by atoms with Crippen LogP contribution in [0.5, 0.6) is 0 Å². The van der Waals surface area contributed by atoms with Gasteiger partial charge >= 0.3 is 0 Å². The quantitative estimate of drug-likeness (QED) is 0.837. The Morgan fingerprint density at radius 1 is 0.941 bits per heavy atom. The minimum atomic E-state index is 0. The van der Waals surface area contributed by atoms with Gasteiger partial charge in [-0.05, 0) is 30.7 Å². The van der Waals surface area contributed by atoms with Crippen LogP contribution in [0.3, 0.4) is 0 Å². The zero-order valence-corrected chi connectivity index (χ0v) is 12.0. The van der Waals surface area contributed by atoms with Gasteiger partial charge in [-0.3, -0.25) is 0 Å². The summed E-state index contributed by atoms with van der Waals surface area (Å²) in [5.41, 5.74) is 2.41. The van der Waals surface area contributed by atoms with E-state index in [0.717, 1.165) is 10.2 Å². The van der Waals surface area contributed by atoms with E-state index in [9.17, 15) is 0 Å². The summed E-state index contributed by atoms with van der Waals surface area (Å²) in [6.45, 7) is 2.16. The van der Waals surface area contributed by atoms with E-state index in [2.05, 4.69) is 58.5 Å². The van der Waals surface area contributed by atoms with Gasteiger partial charge in [0.25, 0.3) is 0 Å². The number of halogens is 2. The predicted molar refractivity (Wildman–Crippen MR) is 79.9 cm³/mol. The first-order chi connectivity index (χ1) is 7.77. The molecule has 0 aromatic heterocycles. The fraction of sp³-hybridized carbons (Fsp3) is 0.143. The third-order valence-corrected chi connectivity index (χ3v) is 3.25. The molecule has 90 valence electrons. The highest BCUT2D eigenvalue weighted by Gasteiger charge is 2.07. The summed E-state index contributed by atoms with van der Waals surface area (Å²) < 4.78 is 1.14. The van der Waals surface area contributed by atoms with Crippen molar-refractivity contribution in [3.63, 3.8) is 0 Å². The van der Waals surface area contributed by atoms with Crippen LogP contribution in [0.4, 0.5) is 5.69 Å². The third kappa shape index (κ3) is 3.76. The molecule has 0 amide bonds. The number of para-hydroxylation sites is 1. The van der Waals surface area contributed by atoms with Crippen LogP contribution in [0.2, 0.25) is 0 Å². The largest absolute Gasteiger partial charge is 0.378 e. The van der Waals surface area contributed by atoms with E-state index in [-0.39, 0.29) is 18.4 Å². The van der Waals surface area contributed by atoms with Crippen molar-refractivity contribution in [1.82, 2.24) is 0 Å². The van der Waals surface area contributed by atoms with Crippen LogP contribution in [0, 0.1) is 0 Å². The van der Waals surface area contributed by atoms with Crippen molar-refractivity contribution in [3.05, 3.63) is 64.6 Å². The molecule has 1 nitrogen and oxygen atoms in total. The topological polar surface area (TPSA) is 12.0 Å². The predicted octanol–water partition coefficient (Wildman–Crippen LogP) is 5.04. The van der Waals surface area contributed by atoms with Crippen LogP contribution in [-0.2, 0) is 0 Å². The average molecular weight is 313 g/mol. The first kappa shape index (κ1) is 14.1. The second kappa shape index (κ2) is 6.67. The van der Waals surface area contributed by atoms with Gasteiger partial charge in [0, 0.05) is 16.2 Å². The maximum absolute atomic E-state index is 3.57. The fourth-order valence-electron chi connectivity index (χ4n) is 1.69. The number of rotatable bonds is 3. The van der Waals surface area contributed by atoms with E-state index in [1.54, 1.807) is 0 Å². The lowest BCUT2D eigenvalue weighted by molar-refractivity contribution is 0.879. The minimum Gasteiger partial charge on any atom is -0.378 e. The molecule has 0 spiro atoms. The summed E-state index contributed by atoms with van der Waals surface area (Å²) in [5.74, 6) is 0. The molecule has 0 aliphatic rings. The molecule has 0 saturated carbocycles. The number of anilines is 1. The Hall–Kier alpha value is -0.990. The molecule has 3 heteroatoms. The lowest BCUT2D eigenvalue weighted by atomic mass is 10.1. The van der Waals surface area contributed by atoms with Gasteiger partial charge in [0.1, 0.15) is 0 Å². The van der Waals surface area contributed by atoms with Crippen LogP contribution in [-0.4, -0.2) is 0 Å². The Morgan fingerprint density at radius 2 is 1.53 bits per heavy atom. The Morgan fingerprint density at radius 3 is 2.18 bits per heavy atom. The molecular formula is C14H15BrClN. The lowest BCUT2D eigenvalue weighted by Crippen LogP contribution is -2.06. The van der Waals surface area contributed by atoms with Crippen molar-refractivity contribution < 1.29 is 0 Å². The van der Waals surface area contributed by atoms with E-state index in [0.29, 0.717) is 0 Å². The third-order valence-electron chi connectivity index (χ3n) is 2.53. The molecule has 0 unspecified atom stereocenters. The average Bonchev–Trinajstić information content (AvgIpc) is 2.31. The number of nitrogens with one attached hydrogen (secondary N) is 1. The molecule has 0 heterocycles. The van der Waals surface area contributed by atoms with Crippen molar-refractivity contribution in [2.45, 2.75) is 13.0 Å². The highest BCUT2D eigenvalue weighted by Crippen LogP contribution is 2.25. The van der Waals surface area contributed by atoms with Crippen molar-refractivity contribution in [2.24, 2.45) is 0 Å². The summed E-state index contributed by atoms with van der Waals surface area (Å²) in [7, 11) is 0. The van der Waals surface area contributed by atoms with Gasteiger partial charge in [-0.15, -0.1) is 12.4 Å². The highest BCUT2D eigenvalue weighted by atomic mass is 79.9.